The van der Waals surface area contributed by atoms with Crippen LogP contribution in [0.15, 0.2) is 89.9 Å². The van der Waals surface area contributed by atoms with Gasteiger partial charge in [-0.3, -0.25) is 19.1 Å². The average molecular weight is 631 g/mol. The number of morpholine rings is 1. The van der Waals surface area contributed by atoms with Gasteiger partial charge in [-0.05, 0) is 43.7 Å². The molecule has 1 aliphatic heterocycles. The van der Waals surface area contributed by atoms with E-state index in [1.54, 1.807) is 10.8 Å². The van der Waals surface area contributed by atoms with Gasteiger partial charge in [-0.1, -0.05) is 66.2 Å². The Labute approximate surface area is 270 Å². The molecule has 0 aliphatic carbocycles. The van der Waals surface area contributed by atoms with E-state index in [2.05, 4.69) is 16.3 Å². The Bertz CT molecular complexity index is 2090. The monoisotopic (exact) mass is 630 g/mol. The van der Waals surface area contributed by atoms with Crippen molar-refractivity contribution in [2.45, 2.75) is 13.8 Å². The second-order valence-corrected chi connectivity index (χ2v) is 12.2. The van der Waals surface area contributed by atoms with E-state index in [-0.39, 0.29) is 15.8 Å². The first kappa shape index (κ1) is 30.9. The van der Waals surface area contributed by atoms with Crippen molar-refractivity contribution >= 4 is 28.9 Å². The maximum atomic E-state index is 14.3. The van der Waals surface area contributed by atoms with E-state index < -0.39 is 5.91 Å². The van der Waals surface area contributed by atoms with Crippen LogP contribution < -0.4 is 20.1 Å². The second-order valence-electron chi connectivity index (χ2n) is 11.1. The second kappa shape index (κ2) is 13.9. The average Bonchev–Trinajstić information content (AvgIpc) is 3.64. The number of hydrogen-bond donors (Lipinski definition) is 1. The molecule has 0 unspecified atom stereocenters. The zero-order valence-electron chi connectivity index (χ0n) is 25.8. The third-order valence-corrected chi connectivity index (χ3v) is 8.98. The Hall–Kier alpha value is -5.08. The number of nitriles is 1. The molecule has 0 spiro atoms. The molecule has 1 saturated heterocycles. The number of amides is 1. The van der Waals surface area contributed by atoms with Gasteiger partial charge in [-0.15, -0.1) is 11.3 Å². The Morgan fingerprint density at radius 3 is 2.46 bits per heavy atom. The molecule has 10 heteroatoms. The normalized spacial score (nSPS) is 14.6. The number of carbonyl (C=O) groups excluding carboxylic acids is 1. The number of hydrogen-bond acceptors (Lipinski definition) is 7. The van der Waals surface area contributed by atoms with Crippen molar-refractivity contribution in [3.8, 4) is 28.7 Å². The lowest BCUT2D eigenvalue weighted by molar-refractivity contribution is -0.115. The molecule has 232 valence electrons. The molecule has 6 rings (SSSR count). The number of benzene rings is 3. The van der Waals surface area contributed by atoms with Crippen LogP contribution in [0.1, 0.15) is 16.7 Å². The number of ether oxygens (including phenoxy) is 1. The number of carbonyl (C=O) groups is 1. The first-order chi connectivity index (χ1) is 22.4. The number of thiazole rings is 1. The third kappa shape index (κ3) is 6.62. The summed E-state index contributed by atoms with van der Waals surface area (Å²) in [6.07, 6.45) is 3.70. The van der Waals surface area contributed by atoms with Crippen LogP contribution in [-0.4, -0.2) is 64.5 Å². The summed E-state index contributed by atoms with van der Waals surface area (Å²) in [4.78, 5) is 29.9. The largest absolute Gasteiger partial charge is 0.379 e. The van der Waals surface area contributed by atoms with Crippen molar-refractivity contribution in [3.05, 3.63) is 121 Å². The highest BCUT2D eigenvalue weighted by molar-refractivity contribution is 7.07. The van der Waals surface area contributed by atoms with E-state index in [1.165, 1.54) is 4.57 Å². The molecule has 1 aliphatic rings. The van der Waals surface area contributed by atoms with Crippen molar-refractivity contribution in [3.63, 3.8) is 0 Å². The number of para-hydroxylation sites is 1. The van der Waals surface area contributed by atoms with Gasteiger partial charge in [-0.25, -0.2) is 4.68 Å². The van der Waals surface area contributed by atoms with Crippen molar-refractivity contribution in [1.82, 2.24) is 24.6 Å². The number of nitrogens with zero attached hydrogens (tertiary/aromatic N) is 5. The van der Waals surface area contributed by atoms with Crippen molar-refractivity contribution < 1.29 is 9.53 Å². The highest BCUT2D eigenvalue weighted by atomic mass is 32.1. The summed E-state index contributed by atoms with van der Waals surface area (Å²) in [7, 11) is 0. The van der Waals surface area contributed by atoms with Gasteiger partial charge in [0.1, 0.15) is 10.7 Å². The molecule has 1 amide bonds. The summed E-state index contributed by atoms with van der Waals surface area (Å²) in [6.45, 7) is 7.85. The lowest BCUT2D eigenvalue weighted by Gasteiger charge is -2.26. The fraction of sp³-hybridized carbons (Fsp3) is 0.222. The Balaban J connectivity index is 1.50. The van der Waals surface area contributed by atoms with Crippen LogP contribution in [0.2, 0.25) is 0 Å². The maximum absolute atomic E-state index is 14.3. The summed E-state index contributed by atoms with van der Waals surface area (Å²) in [6, 6.07) is 27.4. The fourth-order valence-corrected chi connectivity index (χ4v) is 6.61. The molecule has 1 N–H and O–H groups in total. The van der Waals surface area contributed by atoms with Crippen LogP contribution >= 0.6 is 11.3 Å². The van der Waals surface area contributed by atoms with Crippen molar-refractivity contribution in [2.24, 2.45) is 0 Å². The van der Waals surface area contributed by atoms with E-state index in [0.717, 1.165) is 52.4 Å². The van der Waals surface area contributed by atoms with Crippen LogP contribution in [0, 0.1) is 25.2 Å². The molecular formula is C36H34N6O3S. The van der Waals surface area contributed by atoms with E-state index in [0.29, 0.717) is 42.2 Å². The van der Waals surface area contributed by atoms with Crippen LogP contribution in [0.3, 0.4) is 0 Å². The highest BCUT2D eigenvalue weighted by Crippen LogP contribution is 2.24. The first-order valence-corrected chi connectivity index (χ1v) is 16.0. The first-order valence-electron chi connectivity index (χ1n) is 15.2. The molecule has 0 bridgehead atoms. The van der Waals surface area contributed by atoms with E-state index in [1.807, 2.05) is 98.9 Å². The molecule has 1 fully saturated rings. The van der Waals surface area contributed by atoms with Crippen LogP contribution in [0.4, 0.5) is 0 Å². The predicted octanol–water partition coefficient (Wildman–Crippen LogP) is 3.32. The molecular weight excluding hydrogens is 597 g/mol. The summed E-state index contributed by atoms with van der Waals surface area (Å²) in [5, 5.41) is 18.1. The highest BCUT2D eigenvalue weighted by Gasteiger charge is 2.19. The Morgan fingerprint density at radius 2 is 1.76 bits per heavy atom. The topological polar surface area (TPSA) is 105 Å². The summed E-state index contributed by atoms with van der Waals surface area (Å²) >= 11 is 1.13. The molecule has 3 aromatic carbocycles. The minimum absolute atomic E-state index is 0.105. The van der Waals surface area contributed by atoms with E-state index in [4.69, 9.17) is 9.84 Å². The third-order valence-electron chi connectivity index (χ3n) is 7.88. The summed E-state index contributed by atoms with van der Waals surface area (Å²) in [5.74, 6) is -0.510. The van der Waals surface area contributed by atoms with E-state index >= 15 is 0 Å². The van der Waals surface area contributed by atoms with Gasteiger partial charge >= 0.3 is 0 Å². The number of rotatable bonds is 8. The number of aryl methyl sites for hydroxylation is 2. The quantitative estimate of drug-likeness (QED) is 0.282. The summed E-state index contributed by atoms with van der Waals surface area (Å²) < 4.78 is 9.36. The molecule has 0 atom stereocenters. The van der Waals surface area contributed by atoms with Crippen molar-refractivity contribution in [1.29, 1.82) is 5.26 Å². The minimum Gasteiger partial charge on any atom is -0.379 e. The SMILES string of the molecule is Cc1ccc(-n2c(=O)/c(=C\c3cn(-c4ccccc4)nc3-c3ccccc3)s/c2=C(/C#N)C(=O)NCCN2CCOCC2)c(C)c1. The zero-order valence-corrected chi connectivity index (χ0v) is 26.6. The van der Waals surface area contributed by atoms with Gasteiger partial charge in [0, 0.05) is 43.5 Å². The molecule has 0 radical (unpaired) electrons. The van der Waals surface area contributed by atoms with Crippen LogP contribution in [0.25, 0.3) is 34.3 Å². The lowest BCUT2D eigenvalue weighted by atomic mass is 10.1. The van der Waals surface area contributed by atoms with Gasteiger partial charge in [0.25, 0.3) is 11.5 Å². The van der Waals surface area contributed by atoms with Crippen LogP contribution in [-0.2, 0) is 9.53 Å². The lowest BCUT2D eigenvalue weighted by Crippen LogP contribution is -2.42. The standard InChI is InChI=1S/C36H34N6O3S/c1-25-13-14-31(26(2)21-25)42-35(44)32(46-36(42)30(23-37)34(43)38-15-16-40-17-19-45-20-18-40)22-28-24-41(29-11-7-4-8-12-29)39-33(28)27-9-5-3-6-10-27/h3-14,21-22,24H,15-20H2,1-2H3,(H,38,43)/b32-22+,36-30-. The van der Waals surface area contributed by atoms with Crippen LogP contribution in [0.5, 0.6) is 0 Å². The maximum Gasteiger partial charge on any atom is 0.273 e. The number of aromatic nitrogens is 3. The van der Waals surface area contributed by atoms with Gasteiger partial charge < -0.3 is 10.1 Å². The molecule has 2 aromatic heterocycles. The molecule has 46 heavy (non-hydrogen) atoms. The Morgan fingerprint density at radius 1 is 1.04 bits per heavy atom. The molecule has 0 saturated carbocycles. The molecule has 5 aromatic rings. The van der Waals surface area contributed by atoms with Gasteiger partial charge in [0.2, 0.25) is 0 Å². The van der Waals surface area contributed by atoms with Gasteiger partial charge in [0.15, 0.2) is 5.57 Å². The van der Waals surface area contributed by atoms with E-state index in [9.17, 15) is 14.9 Å². The fourth-order valence-electron chi connectivity index (χ4n) is 5.53. The van der Waals surface area contributed by atoms with Gasteiger partial charge in [0.05, 0.1) is 34.8 Å². The minimum atomic E-state index is -0.510. The molecule has 3 heterocycles. The Kier molecular flexibility index (Phi) is 9.36. The molecule has 9 nitrogen and oxygen atoms in total. The zero-order chi connectivity index (χ0) is 32.0. The van der Waals surface area contributed by atoms with Crippen molar-refractivity contribution in [2.75, 3.05) is 39.4 Å². The predicted molar refractivity (Wildman–Crippen MR) is 180 cm³/mol. The summed E-state index contributed by atoms with van der Waals surface area (Å²) in [5.41, 5.74) is 5.34. The smallest absolute Gasteiger partial charge is 0.273 e. The number of nitrogens with one attached hydrogen (secondary N) is 1. The van der Waals surface area contributed by atoms with Gasteiger partial charge in [-0.2, -0.15) is 10.4 Å².